The Morgan fingerprint density at radius 1 is 1.15 bits per heavy atom. The minimum Gasteiger partial charge on any atom is -0.486 e. The molecule has 0 aliphatic carbocycles. The number of nitrogens with zero attached hydrogens (tertiary/aromatic N) is 1. The largest absolute Gasteiger partial charge is 0.486 e. The normalized spacial score (nSPS) is 12.1. The zero-order valence-electron chi connectivity index (χ0n) is 14.2. The molecule has 1 aromatic heterocycles. The highest BCUT2D eigenvalue weighted by Crippen LogP contribution is 2.35. The van der Waals surface area contributed by atoms with Crippen LogP contribution < -0.4 is 18.9 Å². The van der Waals surface area contributed by atoms with E-state index in [9.17, 15) is 4.79 Å². The maximum atomic E-state index is 12.5. The van der Waals surface area contributed by atoms with Crippen LogP contribution in [0.2, 0.25) is 5.02 Å². The zero-order chi connectivity index (χ0) is 18.8. The second-order valence-corrected chi connectivity index (χ2v) is 7.19. The first-order valence-corrected chi connectivity index (χ1v) is 9.24. The molecule has 138 valence electrons. The number of fused-ring (bicyclic) bond motifs is 1. The first-order valence-electron chi connectivity index (χ1n) is 8.05. The number of aromatic nitrogens is 1. The van der Waals surface area contributed by atoms with E-state index in [1.807, 2.05) is 0 Å². The van der Waals surface area contributed by atoms with Crippen LogP contribution in [0.1, 0.15) is 20.4 Å². The van der Waals surface area contributed by atoms with Gasteiger partial charge >= 0.3 is 5.97 Å². The number of esters is 1. The van der Waals surface area contributed by atoms with Gasteiger partial charge in [0.2, 0.25) is 6.79 Å². The molecule has 0 unspecified atom stereocenters. The third-order valence-electron chi connectivity index (χ3n) is 3.76. The van der Waals surface area contributed by atoms with Crippen molar-refractivity contribution in [2.45, 2.75) is 13.5 Å². The van der Waals surface area contributed by atoms with Crippen LogP contribution in [0.25, 0.3) is 0 Å². The number of hydrogen-bond acceptors (Lipinski definition) is 7. The summed E-state index contributed by atoms with van der Waals surface area (Å²) in [6, 6.07) is 12.0. The van der Waals surface area contributed by atoms with E-state index in [0.29, 0.717) is 43.6 Å². The molecule has 0 bridgehead atoms. The summed E-state index contributed by atoms with van der Waals surface area (Å²) >= 11 is 7.10. The summed E-state index contributed by atoms with van der Waals surface area (Å²) < 4.78 is 21.6. The quantitative estimate of drug-likeness (QED) is 0.457. The lowest BCUT2D eigenvalue weighted by Crippen LogP contribution is -2.07. The molecule has 0 spiro atoms. The summed E-state index contributed by atoms with van der Waals surface area (Å²) in [7, 11) is 0. The fourth-order valence-corrected chi connectivity index (χ4v) is 3.45. The van der Waals surface area contributed by atoms with Gasteiger partial charge in [-0.1, -0.05) is 11.6 Å². The van der Waals surface area contributed by atoms with Gasteiger partial charge in [0.1, 0.15) is 28.0 Å². The van der Waals surface area contributed by atoms with Crippen molar-refractivity contribution in [3.63, 3.8) is 0 Å². The summed E-state index contributed by atoms with van der Waals surface area (Å²) in [4.78, 5) is 17.3. The van der Waals surface area contributed by atoms with Crippen LogP contribution in [0.3, 0.4) is 0 Å². The lowest BCUT2D eigenvalue weighted by Gasteiger charge is -2.04. The number of carbonyl (C=O) groups is 1. The molecule has 1 aliphatic rings. The van der Waals surface area contributed by atoms with Crippen molar-refractivity contribution < 1.29 is 23.7 Å². The number of thiazole rings is 1. The Morgan fingerprint density at radius 2 is 1.89 bits per heavy atom. The number of rotatable bonds is 5. The van der Waals surface area contributed by atoms with Crippen LogP contribution in [0, 0.1) is 6.92 Å². The zero-order valence-corrected chi connectivity index (χ0v) is 15.8. The van der Waals surface area contributed by atoms with E-state index >= 15 is 0 Å². The lowest BCUT2D eigenvalue weighted by atomic mass is 10.3. The number of hydrogen-bond donors (Lipinski definition) is 0. The number of aryl methyl sites for hydroxylation is 1. The van der Waals surface area contributed by atoms with Crippen molar-refractivity contribution in [3.8, 4) is 23.0 Å². The van der Waals surface area contributed by atoms with Crippen molar-refractivity contribution in [1.29, 1.82) is 0 Å². The Bertz CT molecular complexity index is 986. The van der Waals surface area contributed by atoms with Gasteiger partial charge in [0.15, 0.2) is 11.5 Å². The highest BCUT2D eigenvalue weighted by molar-refractivity contribution is 7.13. The number of halogens is 1. The van der Waals surface area contributed by atoms with Crippen LogP contribution in [-0.2, 0) is 6.61 Å². The first-order chi connectivity index (χ1) is 13.1. The molecular weight excluding hydrogens is 390 g/mol. The number of carbonyl (C=O) groups excluding carboxylic acids is 1. The summed E-state index contributed by atoms with van der Waals surface area (Å²) in [5, 5.41) is 1.32. The average molecular weight is 404 g/mol. The Balaban J connectivity index is 1.42. The van der Waals surface area contributed by atoms with E-state index in [-0.39, 0.29) is 13.4 Å². The molecule has 0 radical (unpaired) electrons. The van der Waals surface area contributed by atoms with Crippen LogP contribution in [0.15, 0.2) is 42.5 Å². The average Bonchev–Trinajstić information content (AvgIpc) is 3.27. The SMILES string of the molecule is Cc1nc(COc2ccc(Cl)cc2)sc1C(=O)Oc1ccc2c(c1)OCO2. The third-order valence-corrected chi connectivity index (χ3v) is 5.12. The summed E-state index contributed by atoms with van der Waals surface area (Å²) in [5.41, 5.74) is 0.598. The van der Waals surface area contributed by atoms with Crippen LogP contribution in [0.5, 0.6) is 23.0 Å². The van der Waals surface area contributed by atoms with Gasteiger partial charge in [-0.25, -0.2) is 9.78 Å². The van der Waals surface area contributed by atoms with Crippen molar-refractivity contribution in [3.05, 3.63) is 63.1 Å². The molecule has 0 fully saturated rings. The molecule has 1 aliphatic heterocycles. The van der Waals surface area contributed by atoms with Crippen LogP contribution in [-0.4, -0.2) is 17.7 Å². The van der Waals surface area contributed by atoms with E-state index in [2.05, 4.69) is 4.98 Å². The van der Waals surface area contributed by atoms with Gasteiger partial charge in [-0.15, -0.1) is 11.3 Å². The lowest BCUT2D eigenvalue weighted by molar-refractivity contribution is 0.0738. The highest BCUT2D eigenvalue weighted by atomic mass is 35.5. The van der Waals surface area contributed by atoms with E-state index < -0.39 is 5.97 Å². The minimum absolute atomic E-state index is 0.164. The Labute approximate surface area is 164 Å². The van der Waals surface area contributed by atoms with Crippen LogP contribution in [0.4, 0.5) is 0 Å². The van der Waals surface area contributed by atoms with Gasteiger partial charge in [0.05, 0.1) is 5.69 Å². The van der Waals surface area contributed by atoms with Crippen LogP contribution >= 0.6 is 22.9 Å². The topological polar surface area (TPSA) is 66.9 Å². The van der Waals surface area contributed by atoms with E-state index in [0.717, 1.165) is 0 Å². The molecule has 0 N–H and O–H groups in total. The van der Waals surface area contributed by atoms with Gasteiger partial charge in [-0.05, 0) is 43.3 Å². The Morgan fingerprint density at radius 3 is 2.70 bits per heavy atom. The first kappa shape index (κ1) is 17.6. The Kier molecular flexibility index (Phi) is 4.87. The predicted molar refractivity (Wildman–Crippen MR) is 100 cm³/mol. The second-order valence-electron chi connectivity index (χ2n) is 5.67. The molecular formula is C19H14ClNO5S. The molecule has 8 heteroatoms. The van der Waals surface area contributed by atoms with Gasteiger partial charge in [0.25, 0.3) is 0 Å². The maximum absolute atomic E-state index is 12.5. The van der Waals surface area contributed by atoms with E-state index in [1.165, 1.54) is 11.3 Å². The van der Waals surface area contributed by atoms with Gasteiger partial charge in [-0.2, -0.15) is 0 Å². The molecule has 27 heavy (non-hydrogen) atoms. The molecule has 0 saturated carbocycles. The molecule has 4 rings (SSSR count). The van der Waals surface area contributed by atoms with Crippen molar-refractivity contribution in [1.82, 2.24) is 4.98 Å². The van der Waals surface area contributed by atoms with Crippen molar-refractivity contribution in [2.24, 2.45) is 0 Å². The summed E-state index contributed by atoms with van der Waals surface area (Å²) in [6.07, 6.45) is 0. The summed E-state index contributed by atoms with van der Waals surface area (Å²) in [5.74, 6) is 1.78. The van der Waals surface area contributed by atoms with Crippen molar-refractivity contribution in [2.75, 3.05) is 6.79 Å². The second kappa shape index (κ2) is 7.46. The molecule has 3 aromatic rings. The molecule has 2 heterocycles. The number of ether oxygens (including phenoxy) is 4. The predicted octanol–water partition coefficient (Wildman–Crippen LogP) is 4.63. The number of benzene rings is 2. The van der Waals surface area contributed by atoms with Gasteiger partial charge < -0.3 is 18.9 Å². The van der Waals surface area contributed by atoms with Gasteiger partial charge in [0, 0.05) is 11.1 Å². The maximum Gasteiger partial charge on any atom is 0.355 e. The standard InChI is InChI=1S/C19H14ClNO5S/c1-11-18(19(22)26-14-6-7-15-16(8-14)25-10-24-15)27-17(21-11)9-23-13-4-2-12(20)3-5-13/h2-8H,9-10H2,1H3. The molecule has 2 aromatic carbocycles. The van der Waals surface area contributed by atoms with Crippen molar-refractivity contribution >= 4 is 28.9 Å². The molecule has 6 nitrogen and oxygen atoms in total. The molecule has 0 atom stereocenters. The fourth-order valence-electron chi connectivity index (χ4n) is 2.47. The highest BCUT2D eigenvalue weighted by Gasteiger charge is 2.20. The third kappa shape index (κ3) is 3.99. The minimum atomic E-state index is -0.471. The van der Waals surface area contributed by atoms with E-state index in [4.69, 9.17) is 30.5 Å². The van der Waals surface area contributed by atoms with Gasteiger partial charge in [-0.3, -0.25) is 0 Å². The van der Waals surface area contributed by atoms with E-state index in [1.54, 1.807) is 49.4 Å². The molecule has 0 saturated heterocycles. The Hall–Kier alpha value is -2.77. The summed E-state index contributed by atoms with van der Waals surface area (Å²) in [6.45, 7) is 2.18. The smallest absolute Gasteiger partial charge is 0.355 e. The molecule has 0 amide bonds. The fraction of sp³-hybridized carbons (Fsp3) is 0.158. The monoisotopic (exact) mass is 403 g/mol.